The molecule has 0 atom stereocenters. The number of nitrogens with one attached hydrogen (secondary N) is 2. The van der Waals surface area contributed by atoms with Crippen LogP contribution in [0.5, 0.6) is 6.01 Å². The Balaban J connectivity index is 1.62. The van der Waals surface area contributed by atoms with E-state index < -0.39 is 5.60 Å². The van der Waals surface area contributed by atoms with Crippen molar-refractivity contribution in [3.05, 3.63) is 47.3 Å². The lowest BCUT2D eigenvalue weighted by molar-refractivity contribution is 0.00525. The van der Waals surface area contributed by atoms with Gasteiger partial charge in [0.2, 0.25) is 0 Å². The predicted octanol–water partition coefficient (Wildman–Crippen LogP) is 2.83. The van der Waals surface area contributed by atoms with Gasteiger partial charge >= 0.3 is 6.01 Å². The zero-order valence-electron chi connectivity index (χ0n) is 16.5. The fraction of sp³-hybridized carbons (Fsp3) is 0.476. The lowest BCUT2D eigenvalue weighted by Gasteiger charge is -2.32. The monoisotopic (exact) mass is 384 g/mol. The molecule has 0 radical (unpaired) electrons. The van der Waals surface area contributed by atoms with Crippen molar-refractivity contribution in [1.29, 1.82) is 0 Å². The highest BCUT2D eigenvalue weighted by Crippen LogP contribution is 2.27. The lowest BCUT2D eigenvalue weighted by Crippen LogP contribution is -2.44. The van der Waals surface area contributed by atoms with E-state index in [-0.39, 0.29) is 5.91 Å². The number of hydrogen-bond acceptors (Lipinski definition) is 6. The summed E-state index contributed by atoms with van der Waals surface area (Å²) in [4.78, 5) is 20.9. The van der Waals surface area contributed by atoms with E-state index in [0.29, 0.717) is 24.7 Å². The Labute approximate surface area is 165 Å². The van der Waals surface area contributed by atoms with E-state index in [4.69, 9.17) is 4.74 Å². The van der Waals surface area contributed by atoms with Crippen LogP contribution in [0.4, 0.5) is 5.69 Å². The van der Waals surface area contributed by atoms with Crippen LogP contribution < -0.4 is 15.4 Å². The summed E-state index contributed by atoms with van der Waals surface area (Å²) in [7, 11) is 1.53. The van der Waals surface area contributed by atoms with Gasteiger partial charge in [-0.15, -0.1) is 0 Å². The molecule has 2 aromatic rings. The number of ether oxygens (including phenoxy) is 1. The van der Waals surface area contributed by atoms with Crippen molar-refractivity contribution >= 4 is 11.6 Å². The van der Waals surface area contributed by atoms with Gasteiger partial charge in [0.1, 0.15) is 0 Å². The smallest absolute Gasteiger partial charge is 0.316 e. The quantitative estimate of drug-likeness (QED) is 0.679. The van der Waals surface area contributed by atoms with E-state index in [1.54, 1.807) is 6.20 Å². The largest absolute Gasteiger partial charge is 0.467 e. The van der Waals surface area contributed by atoms with Crippen molar-refractivity contribution in [2.24, 2.45) is 0 Å². The number of aryl methyl sites for hydroxylation is 1. The molecular formula is C21H28N4O3. The molecule has 7 nitrogen and oxygen atoms in total. The third-order valence-corrected chi connectivity index (χ3v) is 5.19. The van der Waals surface area contributed by atoms with Crippen LogP contribution in [0.25, 0.3) is 0 Å². The Hall–Kier alpha value is -2.67. The van der Waals surface area contributed by atoms with Crippen molar-refractivity contribution in [3.8, 4) is 6.01 Å². The maximum Gasteiger partial charge on any atom is 0.316 e. The summed E-state index contributed by atoms with van der Waals surface area (Å²) in [5.74, 6) is -0.163. The van der Waals surface area contributed by atoms with Gasteiger partial charge in [-0.2, -0.15) is 4.98 Å². The maximum absolute atomic E-state index is 12.7. The van der Waals surface area contributed by atoms with Crippen molar-refractivity contribution in [3.63, 3.8) is 0 Å². The number of carbonyl (C=O) groups excluding carboxylic acids is 1. The Morgan fingerprint density at radius 3 is 2.79 bits per heavy atom. The lowest BCUT2D eigenvalue weighted by atomic mass is 9.85. The molecule has 1 aliphatic carbocycles. The third-order valence-electron chi connectivity index (χ3n) is 5.19. The number of aliphatic hydroxyl groups is 1. The highest BCUT2D eigenvalue weighted by Gasteiger charge is 2.29. The molecule has 1 saturated carbocycles. The first kappa shape index (κ1) is 20.1. The van der Waals surface area contributed by atoms with Crippen LogP contribution in [0.2, 0.25) is 0 Å². The van der Waals surface area contributed by atoms with Gasteiger partial charge in [-0.05, 0) is 43.5 Å². The Kier molecular flexibility index (Phi) is 6.46. The van der Waals surface area contributed by atoms with Crippen molar-refractivity contribution in [2.45, 2.75) is 51.2 Å². The first-order valence-corrected chi connectivity index (χ1v) is 9.70. The fourth-order valence-electron chi connectivity index (χ4n) is 3.47. The number of methoxy groups -OCH3 is 1. The Morgan fingerprint density at radius 1 is 1.25 bits per heavy atom. The van der Waals surface area contributed by atoms with Gasteiger partial charge in [0.15, 0.2) is 0 Å². The van der Waals surface area contributed by atoms with Gasteiger partial charge in [-0.25, -0.2) is 4.98 Å². The molecule has 0 unspecified atom stereocenters. The van der Waals surface area contributed by atoms with Gasteiger partial charge in [0.05, 0.1) is 24.9 Å². The minimum Gasteiger partial charge on any atom is -0.467 e. The van der Waals surface area contributed by atoms with Crippen molar-refractivity contribution in [1.82, 2.24) is 15.3 Å². The SMILES string of the molecule is COc1nccc(CNc2ccc(C)c(C(=O)NCC3(O)CCCCC3)c2)n1. The number of benzene rings is 1. The summed E-state index contributed by atoms with van der Waals surface area (Å²) < 4.78 is 5.03. The number of anilines is 1. The van der Waals surface area contributed by atoms with Crippen molar-refractivity contribution in [2.75, 3.05) is 19.0 Å². The Bertz CT molecular complexity index is 819. The molecule has 0 aliphatic heterocycles. The average molecular weight is 384 g/mol. The second kappa shape index (κ2) is 9.01. The van der Waals surface area contributed by atoms with Gasteiger partial charge in [-0.1, -0.05) is 25.3 Å². The summed E-state index contributed by atoms with van der Waals surface area (Å²) >= 11 is 0. The van der Waals surface area contributed by atoms with Gasteiger partial charge < -0.3 is 20.5 Å². The maximum atomic E-state index is 12.7. The van der Waals surface area contributed by atoms with E-state index in [1.807, 2.05) is 31.2 Å². The summed E-state index contributed by atoms with van der Waals surface area (Å²) in [6, 6.07) is 7.80. The minimum atomic E-state index is -0.774. The van der Waals surface area contributed by atoms with Crippen molar-refractivity contribution < 1.29 is 14.6 Å². The van der Waals surface area contributed by atoms with E-state index in [1.165, 1.54) is 7.11 Å². The van der Waals surface area contributed by atoms with Gasteiger partial charge in [0, 0.05) is 24.0 Å². The molecule has 0 saturated heterocycles. The first-order chi connectivity index (χ1) is 13.5. The molecule has 1 aliphatic rings. The van der Waals surface area contributed by atoms with E-state index in [9.17, 15) is 9.90 Å². The highest BCUT2D eigenvalue weighted by molar-refractivity contribution is 5.96. The van der Waals surface area contributed by atoms with Gasteiger partial charge in [0.25, 0.3) is 5.91 Å². The van der Waals surface area contributed by atoms with Crippen LogP contribution >= 0.6 is 0 Å². The van der Waals surface area contributed by atoms with Crippen LogP contribution in [0, 0.1) is 6.92 Å². The van der Waals surface area contributed by atoms with E-state index in [0.717, 1.165) is 49.0 Å². The number of carbonyl (C=O) groups is 1. The molecule has 28 heavy (non-hydrogen) atoms. The second-order valence-electron chi connectivity index (χ2n) is 7.39. The minimum absolute atomic E-state index is 0.163. The average Bonchev–Trinajstić information content (AvgIpc) is 2.72. The number of rotatable bonds is 7. The normalized spacial score (nSPS) is 15.7. The van der Waals surface area contributed by atoms with E-state index >= 15 is 0 Å². The number of amides is 1. The van der Waals surface area contributed by atoms with Crippen LogP contribution in [0.3, 0.4) is 0 Å². The second-order valence-corrected chi connectivity index (χ2v) is 7.39. The molecule has 0 bridgehead atoms. The molecule has 1 fully saturated rings. The molecule has 150 valence electrons. The summed E-state index contributed by atoms with van der Waals surface area (Å²) in [5, 5.41) is 16.8. The van der Waals surface area contributed by atoms with Crippen LogP contribution in [0.15, 0.2) is 30.5 Å². The number of hydrogen-bond donors (Lipinski definition) is 3. The predicted molar refractivity (Wildman–Crippen MR) is 107 cm³/mol. The fourth-order valence-corrected chi connectivity index (χ4v) is 3.47. The van der Waals surface area contributed by atoms with Gasteiger partial charge in [-0.3, -0.25) is 4.79 Å². The summed E-state index contributed by atoms with van der Waals surface area (Å²) in [5.41, 5.74) is 2.33. The summed E-state index contributed by atoms with van der Waals surface area (Å²) in [6.45, 7) is 2.69. The zero-order chi connectivity index (χ0) is 20.0. The number of nitrogens with zero attached hydrogens (tertiary/aromatic N) is 2. The van der Waals surface area contributed by atoms with Crippen LogP contribution in [-0.2, 0) is 6.54 Å². The zero-order valence-corrected chi connectivity index (χ0v) is 16.5. The molecule has 1 heterocycles. The highest BCUT2D eigenvalue weighted by atomic mass is 16.5. The third kappa shape index (κ3) is 5.19. The molecule has 3 N–H and O–H groups in total. The molecule has 7 heteroatoms. The van der Waals surface area contributed by atoms with Crippen LogP contribution in [-0.4, -0.2) is 40.2 Å². The number of aromatic nitrogens is 2. The molecule has 0 spiro atoms. The first-order valence-electron chi connectivity index (χ1n) is 9.70. The molecule has 1 aromatic heterocycles. The standard InChI is InChI=1S/C21H28N4O3/c1-15-6-7-16(23-13-17-8-11-22-20(25-17)28-2)12-18(15)19(26)24-14-21(27)9-4-3-5-10-21/h6-8,11-12,23,27H,3-5,9-10,13-14H2,1-2H3,(H,24,26). The Morgan fingerprint density at radius 2 is 2.04 bits per heavy atom. The molecule has 1 amide bonds. The molecule has 3 rings (SSSR count). The van der Waals surface area contributed by atoms with Crippen LogP contribution in [0.1, 0.15) is 53.7 Å². The topological polar surface area (TPSA) is 96.4 Å². The van der Waals surface area contributed by atoms with E-state index in [2.05, 4.69) is 20.6 Å². The molecular weight excluding hydrogens is 356 g/mol. The summed E-state index contributed by atoms with van der Waals surface area (Å²) in [6.07, 6.45) is 6.32. The molecule has 1 aromatic carbocycles.